The second kappa shape index (κ2) is 5.85. The summed E-state index contributed by atoms with van der Waals surface area (Å²) in [7, 11) is 0. The molecule has 0 spiro atoms. The van der Waals surface area contributed by atoms with Crippen LogP contribution in [0, 0.1) is 7.14 Å². The molecule has 6 heteroatoms. The van der Waals surface area contributed by atoms with E-state index >= 15 is 0 Å². The second-order valence-corrected chi connectivity index (χ2v) is 5.05. The first-order valence-corrected chi connectivity index (χ1v) is 6.13. The highest BCUT2D eigenvalue weighted by molar-refractivity contribution is 14.1. The number of hydrogen-bond acceptors (Lipinski definition) is 3. The molecule has 0 aliphatic rings. The molecule has 1 aromatic carbocycles. The summed E-state index contributed by atoms with van der Waals surface area (Å²) >= 11 is 4.10. The van der Waals surface area contributed by atoms with E-state index in [4.69, 9.17) is 14.9 Å². The highest BCUT2D eigenvalue weighted by atomic mass is 127. The Labute approximate surface area is 114 Å². The maximum atomic E-state index is 10.3. The molecule has 1 aromatic rings. The highest BCUT2D eigenvalue weighted by Gasteiger charge is 2.10. The van der Waals surface area contributed by atoms with Crippen LogP contribution in [0.2, 0.25) is 0 Å². The van der Waals surface area contributed by atoms with Crippen LogP contribution in [-0.2, 0) is 11.4 Å². The number of aliphatic carboxylic acids is 1. The van der Waals surface area contributed by atoms with Crippen molar-refractivity contribution in [3.05, 3.63) is 24.8 Å². The van der Waals surface area contributed by atoms with E-state index in [-0.39, 0.29) is 13.2 Å². The molecule has 0 heterocycles. The fourth-order valence-electron chi connectivity index (χ4n) is 0.975. The molecule has 1 rings (SSSR count). The topological polar surface area (TPSA) is 66.8 Å². The average Bonchev–Trinajstić information content (AvgIpc) is 2.15. The molecule has 4 nitrogen and oxygen atoms in total. The minimum Gasteiger partial charge on any atom is -0.480 e. The van der Waals surface area contributed by atoms with Crippen LogP contribution in [-0.4, -0.2) is 22.8 Å². The lowest BCUT2D eigenvalue weighted by atomic mass is 10.2. The number of ether oxygens (including phenoxy) is 1. The molecule has 0 amide bonds. The zero-order valence-electron chi connectivity index (χ0n) is 7.54. The van der Waals surface area contributed by atoms with E-state index in [2.05, 4.69) is 0 Å². The van der Waals surface area contributed by atoms with E-state index < -0.39 is 5.97 Å². The Morgan fingerprint density at radius 1 is 1.33 bits per heavy atom. The third kappa shape index (κ3) is 3.76. The van der Waals surface area contributed by atoms with Gasteiger partial charge in [-0.15, -0.1) is 0 Å². The summed E-state index contributed by atoms with van der Waals surface area (Å²) in [6.07, 6.45) is 0. The summed E-state index contributed by atoms with van der Waals surface area (Å²) in [6.45, 7) is -0.393. The Bertz CT molecular complexity index is 355. The molecular formula is C9H8I2O4. The van der Waals surface area contributed by atoms with Crippen LogP contribution in [0.4, 0.5) is 0 Å². The van der Waals surface area contributed by atoms with Gasteiger partial charge in [0.25, 0.3) is 0 Å². The fourth-order valence-corrected chi connectivity index (χ4v) is 3.18. The largest absolute Gasteiger partial charge is 0.480 e. The first kappa shape index (κ1) is 13.0. The lowest BCUT2D eigenvalue weighted by Gasteiger charge is -2.09. The number of carboxylic acids is 1. The number of hydrogen-bond donors (Lipinski definition) is 2. The van der Waals surface area contributed by atoms with E-state index in [9.17, 15) is 4.79 Å². The quantitative estimate of drug-likeness (QED) is 0.711. The molecular weight excluding hydrogens is 426 g/mol. The van der Waals surface area contributed by atoms with Crippen molar-refractivity contribution in [2.24, 2.45) is 0 Å². The van der Waals surface area contributed by atoms with Crippen molar-refractivity contribution in [1.82, 2.24) is 0 Å². The molecule has 2 N–H and O–H groups in total. The number of halogens is 2. The van der Waals surface area contributed by atoms with Crippen LogP contribution in [0.15, 0.2) is 12.1 Å². The second-order valence-electron chi connectivity index (χ2n) is 2.73. The summed E-state index contributed by atoms with van der Waals surface area (Å²) in [5, 5.41) is 17.4. The molecule has 0 saturated carbocycles. The predicted molar refractivity (Wildman–Crippen MR) is 70.9 cm³/mol. The summed E-state index contributed by atoms with van der Waals surface area (Å²) in [4.78, 5) is 10.3. The van der Waals surface area contributed by atoms with E-state index in [1.165, 1.54) is 0 Å². The van der Waals surface area contributed by atoms with Gasteiger partial charge in [0.2, 0.25) is 0 Å². The van der Waals surface area contributed by atoms with Crippen LogP contribution in [0.5, 0.6) is 5.75 Å². The average molecular weight is 434 g/mol. The van der Waals surface area contributed by atoms with Crippen molar-refractivity contribution in [3.8, 4) is 5.75 Å². The Morgan fingerprint density at radius 3 is 2.27 bits per heavy atom. The smallest absolute Gasteiger partial charge is 0.341 e. The summed E-state index contributed by atoms with van der Waals surface area (Å²) in [5.41, 5.74) is 0.784. The van der Waals surface area contributed by atoms with E-state index in [1.807, 2.05) is 45.2 Å². The van der Waals surface area contributed by atoms with Gasteiger partial charge >= 0.3 is 5.97 Å². The Morgan fingerprint density at radius 2 is 1.87 bits per heavy atom. The summed E-state index contributed by atoms with van der Waals surface area (Å²) in [5.74, 6) is -0.455. The minimum atomic E-state index is -1.01. The van der Waals surface area contributed by atoms with E-state index in [1.54, 1.807) is 12.1 Å². The lowest BCUT2D eigenvalue weighted by molar-refractivity contribution is -0.139. The van der Waals surface area contributed by atoms with Gasteiger partial charge in [0.15, 0.2) is 6.61 Å². The van der Waals surface area contributed by atoms with Gasteiger partial charge in [-0.05, 0) is 62.9 Å². The highest BCUT2D eigenvalue weighted by Crippen LogP contribution is 2.28. The van der Waals surface area contributed by atoms with Crippen LogP contribution in [0.1, 0.15) is 5.56 Å². The SMILES string of the molecule is O=C(O)COc1c(I)cc(CO)cc1I. The van der Waals surface area contributed by atoms with Gasteiger partial charge in [-0.1, -0.05) is 0 Å². The molecule has 0 saturated heterocycles. The third-order valence-electron chi connectivity index (χ3n) is 1.58. The van der Waals surface area contributed by atoms with E-state index in [0.717, 1.165) is 12.7 Å². The number of benzene rings is 1. The molecule has 0 aliphatic heterocycles. The monoisotopic (exact) mass is 434 g/mol. The minimum absolute atomic E-state index is 0.0365. The van der Waals surface area contributed by atoms with Crippen LogP contribution < -0.4 is 4.74 Å². The maximum Gasteiger partial charge on any atom is 0.341 e. The Balaban J connectivity index is 2.92. The maximum absolute atomic E-state index is 10.3. The van der Waals surface area contributed by atoms with Crippen molar-refractivity contribution >= 4 is 51.2 Å². The van der Waals surface area contributed by atoms with Crippen molar-refractivity contribution < 1.29 is 19.7 Å². The van der Waals surface area contributed by atoms with Crippen LogP contribution in [0.3, 0.4) is 0 Å². The van der Waals surface area contributed by atoms with Gasteiger partial charge in [-0.2, -0.15) is 0 Å². The van der Waals surface area contributed by atoms with Gasteiger partial charge < -0.3 is 14.9 Å². The number of carboxylic acid groups (broad SMARTS) is 1. The molecule has 0 aromatic heterocycles. The van der Waals surface area contributed by atoms with Crippen molar-refractivity contribution in [3.63, 3.8) is 0 Å². The number of rotatable bonds is 4. The first-order valence-electron chi connectivity index (χ1n) is 3.98. The number of aliphatic hydroxyl groups is 1. The molecule has 0 fully saturated rings. The molecule has 82 valence electrons. The van der Waals surface area contributed by atoms with E-state index in [0.29, 0.717) is 5.75 Å². The first-order chi connectivity index (χ1) is 7.04. The van der Waals surface area contributed by atoms with Crippen LogP contribution in [0.25, 0.3) is 0 Å². The molecule has 0 unspecified atom stereocenters. The van der Waals surface area contributed by atoms with Crippen molar-refractivity contribution in [2.75, 3.05) is 6.61 Å². The molecule has 15 heavy (non-hydrogen) atoms. The van der Waals surface area contributed by atoms with Gasteiger partial charge in [-0.3, -0.25) is 0 Å². The zero-order chi connectivity index (χ0) is 11.4. The lowest BCUT2D eigenvalue weighted by Crippen LogP contribution is -2.11. The molecule has 0 atom stereocenters. The predicted octanol–water partition coefficient (Wildman–Crippen LogP) is 1.85. The number of carbonyl (C=O) groups is 1. The van der Waals surface area contributed by atoms with Crippen LogP contribution >= 0.6 is 45.2 Å². The fraction of sp³-hybridized carbons (Fsp3) is 0.222. The van der Waals surface area contributed by atoms with Gasteiger partial charge in [0.05, 0.1) is 13.7 Å². The summed E-state index contributed by atoms with van der Waals surface area (Å²) in [6, 6.07) is 3.53. The standard InChI is InChI=1S/C9H8I2O4/c10-6-1-5(3-12)2-7(11)9(6)15-4-8(13)14/h1-2,12H,3-4H2,(H,13,14). The molecule has 0 radical (unpaired) electrons. The van der Waals surface area contributed by atoms with Gasteiger partial charge in [-0.25, -0.2) is 4.79 Å². The zero-order valence-corrected chi connectivity index (χ0v) is 11.9. The van der Waals surface area contributed by atoms with Crippen molar-refractivity contribution in [1.29, 1.82) is 0 Å². The number of aliphatic hydroxyl groups excluding tert-OH is 1. The molecule has 0 aliphatic carbocycles. The normalized spacial score (nSPS) is 10.1. The Kier molecular flexibility index (Phi) is 5.06. The molecule has 0 bridgehead atoms. The van der Waals surface area contributed by atoms with Gasteiger partial charge in [0, 0.05) is 0 Å². The Hall–Kier alpha value is -0.0900. The van der Waals surface area contributed by atoms with Gasteiger partial charge in [0.1, 0.15) is 5.75 Å². The van der Waals surface area contributed by atoms with Crippen molar-refractivity contribution in [2.45, 2.75) is 6.61 Å². The third-order valence-corrected chi connectivity index (χ3v) is 3.18. The summed E-state index contributed by atoms with van der Waals surface area (Å²) < 4.78 is 6.72.